The van der Waals surface area contributed by atoms with Crippen molar-refractivity contribution in [1.29, 1.82) is 0 Å². The molecular weight excluding hydrogens is 196 g/mol. The van der Waals surface area contributed by atoms with Gasteiger partial charge in [-0.25, -0.2) is 0 Å². The second-order valence-electron chi connectivity index (χ2n) is 6.85. The van der Waals surface area contributed by atoms with E-state index in [0.29, 0.717) is 0 Å². The molecule has 0 radical (unpaired) electrons. The first-order valence-corrected chi connectivity index (χ1v) is 6.98. The van der Waals surface area contributed by atoms with Crippen molar-refractivity contribution in [1.82, 2.24) is 0 Å². The minimum atomic E-state index is 0.153. The van der Waals surface area contributed by atoms with E-state index in [4.69, 9.17) is 4.74 Å². The van der Waals surface area contributed by atoms with Gasteiger partial charge in [-0.2, -0.15) is 0 Å². The Morgan fingerprint density at radius 3 is 2.56 bits per heavy atom. The van der Waals surface area contributed by atoms with Crippen molar-refractivity contribution in [2.45, 2.75) is 51.6 Å². The van der Waals surface area contributed by atoms with Crippen LogP contribution in [0.25, 0.3) is 0 Å². The van der Waals surface area contributed by atoms with Crippen LogP contribution in [0, 0.1) is 29.1 Å². The molecule has 6 atom stereocenters. The minimum Gasteiger partial charge on any atom is -0.492 e. The van der Waals surface area contributed by atoms with E-state index in [1.54, 1.807) is 0 Å². The van der Waals surface area contributed by atoms with Gasteiger partial charge in [0.2, 0.25) is 0 Å². The standard InChI is InChI=1S/C15H22O/c1-4-9(2)16-14(3)12-6-10-5-11-7-13(14)15(10,11)8-12/h10-13H,2,4-8H2,1,3H3. The summed E-state index contributed by atoms with van der Waals surface area (Å²) in [6.45, 7) is 8.58. The molecule has 4 fully saturated rings. The van der Waals surface area contributed by atoms with Gasteiger partial charge in [0.05, 0.1) is 5.76 Å². The third kappa shape index (κ3) is 0.743. The molecule has 6 unspecified atom stereocenters. The number of allylic oxidation sites excluding steroid dienone is 1. The Morgan fingerprint density at radius 2 is 1.94 bits per heavy atom. The molecule has 0 heterocycles. The normalized spacial score (nSPS) is 59.9. The molecule has 4 aliphatic carbocycles. The molecule has 0 aliphatic heterocycles. The predicted octanol–water partition coefficient (Wildman–Crippen LogP) is 3.75. The van der Waals surface area contributed by atoms with E-state index in [-0.39, 0.29) is 5.60 Å². The van der Waals surface area contributed by atoms with Crippen LogP contribution < -0.4 is 0 Å². The highest BCUT2D eigenvalue weighted by Gasteiger charge is 2.80. The average molecular weight is 218 g/mol. The van der Waals surface area contributed by atoms with Crippen molar-refractivity contribution in [3.8, 4) is 0 Å². The van der Waals surface area contributed by atoms with Crippen LogP contribution in [-0.4, -0.2) is 5.60 Å². The Kier molecular flexibility index (Phi) is 1.50. The zero-order valence-electron chi connectivity index (χ0n) is 10.5. The maximum absolute atomic E-state index is 6.29. The maximum Gasteiger partial charge on any atom is 0.112 e. The van der Waals surface area contributed by atoms with E-state index in [2.05, 4.69) is 20.4 Å². The summed E-state index contributed by atoms with van der Waals surface area (Å²) in [6.07, 6.45) is 6.87. The zero-order valence-corrected chi connectivity index (χ0v) is 10.5. The Bertz CT molecular complexity index is 374. The number of hydrogen-bond donors (Lipinski definition) is 0. The van der Waals surface area contributed by atoms with Crippen LogP contribution in [0.15, 0.2) is 12.3 Å². The Balaban J connectivity index is 1.65. The second-order valence-corrected chi connectivity index (χ2v) is 6.85. The Hall–Kier alpha value is -0.460. The largest absolute Gasteiger partial charge is 0.492 e. The molecule has 1 spiro atoms. The summed E-state index contributed by atoms with van der Waals surface area (Å²) in [5, 5.41) is 0. The average Bonchev–Trinajstić information content (AvgIpc) is 2.70. The molecule has 4 rings (SSSR count). The van der Waals surface area contributed by atoms with Gasteiger partial charge in [0.25, 0.3) is 0 Å². The van der Waals surface area contributed by atoms with Gasteiger partial charge in [0.1, 0.15) is 5.60 Å². The molecule has 0 saturated heterocycles. The minimum absolute atomic E-state index is 0.153. The molecule has 1 heteroatoms. The lowest BCUT2D eigenvalue weighted by atomic mass is 9.36. The van der Waals surface area contributed by atoms with Gasteiger partial charge in [0, 0.05) is 12.3 Å². The van der Waals surface area contributed by atoms with E-state index in [0.717, 1.165) is 41.3 Å². The van der Waals surface area contributed by atoms with Gasteiger partial charge in [-0.3, -0.25) is 0 Å². The van der Waals surface area contributed by atoms with Crippen molar-refractivity contribution in [3.63, 3.8) is 0 Å². The topological polar surface area (TPSA) is 9.23 Å². The molecule has 88 valence electrons. The fourth-order valence-corrected chi connectivity index (χ4v) is 5.85. The third-order valence-corrected chi connectivity index (χ3v) is 6.69. The van der Waals surface area contributed by atoms with E-state index < -0.39 is 0 Å². The SMILES string of the molecule is C=C(CC)OC1(C)C2CC3CC4CC1C34C2. The van der Waals surface area contributed by atoms with Crippen molar-refractivity contribution in [2.75, 3.05) is 0 Å². The van der Waals surface area contributed by atoms with Crippen LogP contribution in [0.3, 0.4) is 0 Å². The molecular formula is C15H22O. The Labute approximate surface area is 98.2 Å². The number of hydrogen-bond acceptors (Lipinski definition) is 1. The van der Waals surface area contributed by atoms with Gasteiger partial charge in [-0.1, -0.05) is 13.5 Å². The van der Waals surface area contributed by atoms with Crippen molar-refractivity contribution < 1.29 is 4.74 Å². The zero-order chi connectivity index (χ0) is 11.1. The summed E-state index contributed by atoms with van der Waals surface area (Å²) in [6, 6.07) is 0. The van der Waals surface area contributed by atoms with Crippen LogP contribution in [0.2, 0.25) is 0 Å². The lowest BCUT2D eigenvalue weighted by Gasteiger charge is -2.69. The number of rotatable bonds is 3. The van der Waals surface area contributed by atoms with Gasteiger partial charge in [0.15, 0.2) is 0 Å². The lowest BCUT2D eigenvalue weighted by Crippen LogP contribution is -2.66. The molecule has 4 aliphatic rings. The molecule has 16 heavy (non-hydrogen) atoms. The highest BCUT2D eigenvalue weighted by Crippen LogP contribution is 2.84. The quantitative estimate of drug-likeness (QED) is 0.655. The summed E-state index contributed by atoms with van der Waals surface area (Å²) >= 11 is 0. The summed E-state index contributed by atoms with van der Waals surface area (Å²) in [5.41, 5.74) is 0.911. The molecule has 1 nitrogen and oxygen atoms in total. The second kappa shape index (κ2) is 2.52. The first-order valence-electron chi connectivity index (χ1n) is 6.98. The molecule has 0 aromatic carbocycles. The van der Waals surface area contributed by atoms with Crippen molar-refractivity contribution in [2.24, 2.45) is 29.1 Å². The van der Waals surface area contributed by atoms with Crippen molar-refractivity contribution >= 4 is 0 Å². The molecule has 0 aromatic heterocycles. The van der Waals surface area contributed by atoms with E-state index >= 15 is 0 Å². The van der Waals surface area contributed by atoms with Crippen LogP contribution in [0.4, 0.5) is 0 Å². The summed E-state index contributed by atoms with van der Waals surface area (Å²) < 4.78 is 6.29. The van der Waals surface area contributed by atoms with Crippen molar-refractivity contribution in [3.05, 3.63) is 12.3 Å². The van der Waals surface area contributed by atoms with Gasteiger partial charge < -0.3 is 4.74 Å². The number of ether oxygens (including phenoxy) is 1. The lowest BCUT2D eigenvalue weighted by molar-refractivity contribution is -0.241. The summed E-state index contributed by atoms with van der Waals surface area (Å²) in [4.78, 5) is 0. The van der Waals surface area contributed by atoms with E-state index in [1.807, 2.05) is 0 Å². The van der Waals surface area contributed by atoms with Crippen LogP contribution >= 0.6 is 0 Å². The predicted molar refractivity (Wildman–Crippen MR) is 63.8 cm³/mol. The van der Waals surface area contributed by atoms with Gasteiger partial charge in [-0.05, 0) is 55.8 Å². The fraction of sp³-hybridized carbons (Fsp3) is 0.867. The fourth-order valence-electron chi connectivity index (χ4n) is 5.85. The highest BCUT2D eigenvalue weighted by molar-refractivity contribution is 5.29. The van der Waals surface area contributed by atoms with Crippen LogP contribution in [-0.2, 0) is 4.74 Å². The first-order chi connectivity index (χ1) is 7.61. The third-order valence-electron chi connectivity index (χ3n) is 6.69. The summed E-state index contributed by atoms with van der Waals surface area (Å²) in [5.74, 6) is 4.86. The monoisotopic (exact) mass is 218 g/mol. The summed E-state index contributed by atoms with van der Waals surface area (Å²) in [7, 11) is 0. The number of fused-ring (bicyclic) bond motifs is 1. The molecule has 0 amide bonds. The highest BCUT2D eigenvalue weighted by atomic mass is 16.5. The van der Waals surface area contributed by atoms with Gasteiger partial charge in [-0.15, -0.1) is 0 Å². The first kappa shape index (κ1) is 9.56. The molecule has 0 N–H and O–H groups in total. The molecule has 0 aromatic rings. The Morgan fingerprint density at radius 1 is 1.25 bits per heavy atom. The van der Waals surface area contributed by atoms with Crippen LogP contribution in [0.5, 0.6) is 0 Å². The van der Waals surface area contributed by atoms with E-state index in [9.17, 15) is 0 Å². The van der Waals surface area contributed by atoms with Crippen LogP contribution in [0.1, 0.15) is 46.0 Å². The molecule has 4 saturated carbocycles. The smallest absolute Gasteiger partial charge is 0.112 e. The van der Waals surface area contributed by atoms with Gasteiger partial charge >= 0.3 is 0 Å². The molecule has 2 bridgehead atoms. The maximum atomic E-state index is 6.29. The van der Waals surface area contributed by atoms with E-state index in [1.165, 1.54) is 25.7 Å².